The van der Waals surface area contributed by atoms with Crippen LogP contribution in [0.4, 0.5) is 0 Å². The summed E-state index contributed by atoms with van der Waals surface area (Å²) in [4.78, 5) is 25.7. The van der Waals surface area contributed by atoms with Crippen LogP contribution in [0.3, 0.4) is 0 Å². The fraction of sp³-hybridized carbons (Fsp3) is 0.600. The molecule has 0 radical (unpaired) electrons. The molecule has 7 nitrogen and oxygen atoms in total. The Morgan fingerprint density at radius 2 is 2.33 bits per heavy atom. The fourth-order valence-corrected chi connectivity index (χ4v) is 2.33. The molecule has 18 heavy (non-hydrogen) atoms. The molecule has 0 spiro atoms. The van der Waals surface area contributed by atoms with E-state index in [1.54, 1.807) is 6.26 Å². The number of rotatable bonds is 3. The van der Waals surface area contributed by atoms with Crippen LogP contribution >= 0.6 is 11.8 Å². The molecule has 2 heterocycles. The largest absolute Gasteiger partial charge is 0.394 e. The lowest BCUT2D eigenvalue weighted by molar-refractivity contribution is -0.0461. The van der Waals surface area contributed by atoms with E-state index in [-0.39, 0.29) is 13.0 Å². The Balaban J connectivity index is 2.35. The van der Waals surface area contributed by atoms with Crippen LogP contribution in [0.25, 0.3) is 0 Å². The lowest BCUT2D eigenvalue weighted by Crippen LogP contribution is -2.33. The Bertz CT molecular complexity index is 540. The molecule has 0 unspecified atom stereocenters. The molecule has 1 aliphatic rings. The monoisotopic (exact) mass is 274 g/mol. The summed E-state index contributed by atoms with van der Waals surface area (Å²) in [5, 5.41) is 18.6. The van der Waals surface area contributed by atoms with E-state index in [1.165, 1.54) is 22.5 Å². The smallest absolute Gasteiger partial charge is 0.330 e. The molecule has 0 aromatic carbocycles. The van der Waals surface area contributed by atoms with Gasteiger partial charge in [0.05, 0.1) is 17.6 Å². The van der Waals surface area contributed by atoms with Gasteiger partial charge >= 0.3 is 5.69 Å². The van der Waals surface area contributed by atoms with E-state index in [1.807, 2.05) is 0 Å². The standard InChI is InChI=1S/C10H14N2O5S/c1-18-7-3-12(10(16)11-9(7)15)8-2-5(14)6(4-13)17-8/h3,5-6,8,13-14H,2,4H2,1H3,(H,11,15,16)/t5-,6+,8-/m0/s1. The highest BCUT2D eigenvalue weighted by Crippen LogP contribution is 2.27. The fourth-order valence-electron chi connectivity index (χ4n) is 1.88. The molecule has 3 N–H and O–H groups in total. The molecular formula is C10H14N2O5S. The maximum atomic E-state index is 11.7. The first-order chi connectivity index (χ1) is 8.56. The molecule has 0 bridgehead atoms. The first-order valence-electron chi connectivity index (χ1n) is 5.40. The summed E-state index contributed by atoms with van der Waals surface area (Å²) in [6.45, 7) is -0.314. The molecular weight excluding hydrogens is 260 g/mol. The number of aromatic amines is 1. The molecule has 2 rings (SSSR count). The number of aliphatic hydroxyl groups is 2. The summed E-state index contributed by atoms with van der Waals surface area (Å²) in [5.41, 5.74) is -1.03. The number of hydrogen-bond donors (Lipinski definition) is 3. The summed E-state index contributed by atoms with van der Waals surface area (Å²) in [6, 6.07) is 0. The zero-order valence-corrected chi connectivity index (χ0v) is 10.5. The first-order valence-corrected chi connectivity index (χ1v) is 6.63. The summed E-state index contributed by atoms with van der Waals surface area (Å²) < 4.78 is 6.59. The predicted octanol–water partition coefficient (Wildman–Crippen LogP) is -1.10. The van der Waals surface area contributed by atoms with Gasteiger partial charge in [-0.3, -0.25) is 14.3 Å². The molecule has 100 valence electrons. The number of hydrogen-bond acceptors (Lipinski definition) is 6. The lowest BCUT2D eigenvalue weighted by Gasteiger charge is -2.14. The Morgan fingerprint density at radius 1 is 1.61 bits per heavy atom. The second kappa shape index (κ2) is 5.27. The molecule has 8 heteroatoms. The number of nitrogens with one attached hydrogen (secondary N) is 1. The summed E-state index contributed by atoms with van der Waals surface area (Å²) in [5.74, 6) is 0. The van der Waals surface area contributed by atoms with Crippen LogP contribution in [-0.4, -0.2) is 44.8 Å². The van der Waals surface area contributed by atoms with Gasteiger partial charge in [0.15, 0.2) is 0 Å². The third-order valence-electron chi connectivity index (χ3n) is 2.85. The van der Waals surface area contributed by atoms with Crippen molar-refractivity contribution in [1.29, 1.82) is 0 Å². The molecule has 1 aliphatic heterocycles. The molecule has 1 aromatic heterocycles. The minimum atomic E-state index is -0.823. The third kappa shape index (κ3) is 2.37. The van der Waals surface area contributed by atoms with Gasteiger partial charge in [-0.25, -0.2) is 4.79 Å². The molecule has 3 atom stereocenters. The Hall–Kier alpha value is -1.09. The number of H-pyrrole nitrogens is 1. The van der Waals surface area contributed by atoms with Gasteiger partial charge < -0.3 is 14.9 Å². The van der Waals surface area contributed by atoms with Crippen molar-refractivity contribution in [2.75, 3.05) is 12.9 Å². The van der Waals surface area contributed by atoms with E-state index in [0.29, 0.717) is 4.90 Å². The van der Waals surface area contributed by atoms with Crippen molar-refractivity contribution in [2.24, 2.45) is 0 Å². The van der Waals surface area contributed by atoms with Crippen LogP contribution in [0.1, 0.15) is 12.6 Å². The van der Waals surface area contributed by atoms with Crippen molar-refractivity contribution < 1.29 is 14.9 Å². The van der Waals surface area contributed by atoms with Gasteiger partial charge in [0.2, 0.25) is 0 Å². The number of thioether (sulfide) groups is 1. The van der Waals surface area contributed by atoms with E-state index < -0.39 is 29.7 Å². The zero-order chi connectivity index (χ0) is 13.3. The van der Waals surface area contributed by atoms with Crippen molar-refractivity contribution in [3.63, 3.8) is 0 Å². The van der Waals surface area contributed by atoms with Crippen LogP contribution in [-0.2, 0) is 4.74 Å². The van der Waals surface area contributed by atoms with E-state index in [2.05, 4.69) is 4.98 Å². The van der Waals surface area contributed by atoms with Crippen LogP contribution in [0, 0.1) is 0 Å². The topological polar surface area (TPSA) is 105 Å². The van der Waals surface area contributed by atoms with Gasteiger partial charge in [0.25, 0.3) is 5.56 Å². The first kappa shape index (κ1) is 13.3. The van der Waals surface area contributed by atoms with Crippen molar-refractivity contribution in [3.05, 3.63) is 27.0 Å². The zero-order valence-electron chi connectivity index (χ0n) is 9.70. The van der Waals surface area contributed by atoms with E-state index in [4.69, 9.17) is 9.84 Å². The highest BCUT2D eigenvalue weighted by atomic mass is 32.2. The summed E-state index contributed by atoms with van der Waals surface area (Å²) in [6.07, 6.45) is 1.13. The summed E-state index contributed by atoms with van der Waals surface area (Å²) >= 11 is 1.21. The van der Waals surface area contributed by atoms with Gasteiger partial charge in [-0.05, 0) is 6.26 Å². The van der Waals surface area contributed by atoms with Crippen molar-refractivity contribution >= 4 is 11.8 Å². The molecule has 1 aromatic rings. The van der Waals surface area contributed by atoms with Gasteiger partial charge in [-0.2, -0.15) is 0 Å². The van der Waals surface area contributed by atoms with Crippen LogP contribution < -0.4 is 11.2 Å². The van der Waals surface area contributed by atoms with Crippen molar-refractivity contribution in [2.45, 2.75) is 29.8 Å². The van der Waals surface area contributed by atoms with E-state index >= 15 is 0 Å². The Morgan fingerprint density at radius 3 is 2.89 bits per heavy atom. The normalized spacial score (nSPS) is 27.6. The highest BCUT2D eigenvalue weighted by molar-refractivity contribution is 7.98. The summed E-state index contributed by atoms with van der Waals surface area (Å²) in [7, 11) is 0. The van der Waals surface area contributed by atoms with Crippen molar-refractivity contribution in [3.8, 4) is 0 Å². The Labute approximate surface area is 106 Å². The van der Waals surface area contributed by atoms with Gasteiger partial charge in [-0.1, -0.05) is 0 Å². The average Bonchev–Trinajstić information content (AvgIpc) is 2.70. The number of aliphatic hydroxyl groups excluding tert-OH is 2. The number of aromatic nitrogens is 2. The predicted molar refractivity (Wildman–Crippen MR) is 64.7 cm³/mol. The van der Waals surface area contributed by atoms with Crippen LogP contribution in [0.5, 0.6) is 0 Å². The maximum absolute atomic E-state index is 11.7. The number of ether oxygens (including phenoxy) is 1. The molecule has 0 aliphatic carbocycles. The van der Waals surface area contributed by atoms with Crippen LogP contribution in [0.15, 0.2) is 20.7 Å². The average molecular weight is 274 g/mol. The quantitative estimate of drug-likeness (QED) is 0.604. The van der Waals surface area contributed by atoms with Gasteiger partial charge in [-0.15, -0.1) is 11.8 Å². The maximum Gasteiger partial charge on any atom is 0.330 e. The van der Waals surface area contributed by atoms with E-state index in [0.717, 1.165) is 0 Å². The SMILES string of the molecule is CSc1cn([C@@H]2C[C@H](O)[C@@H](CO)O2)c(=O)[nH]c1=O. The molecule has 0 amide bonds. The van der Waals surface area contributed by atoms with Gasteiger partial charge in [0.1, 0.15) is 12.3 Å². The second-order valence-electron chi connectivity index (χ2n) is 3.98. The van der Waals surface area contributed by atoms with Gasteiger partial charge in [0, 0.05) is 12.6 Å². The third-order valence-corrected chi connectivity index (χ3v) is 3.58. The lowest BCUT2D eigenvalue weighted by atomic mass is 10.2. The molecule has 0 saturated carbocycles. The minimum absolute atomic E-state index is 0.199. The molecule has 1 saturated heterocycles. The highest BCUT2D eigenvalue weighted by Gasteiger charge is 2.35. The van der Waals surface area contributed by atoms with Crippen molar-refractivity contribution in [1.82, 2.24) is 9.55 Å². The molecule has 1 fully saturated rings. The van der Waals surface area contributed by atoms with E-state index in [9.17, 15) is 14.7 Å². The number of nitrogens with zero attached hydrogens (tertiary/aromatic N) is 1. The second-order valence-corrected chi connectivity index (χ2v) is 4.83. The van der Waals surface area contributed by atoms with Crippen LogP contribution in [0.2, 0.25) is 0 Å². The Kier molecular flexibility index (Phi) is 3.91. The minimum Gasteiger partial charge on any atom is -0.394 e.